The number of hydrogen-bond donors (Lipinski definition) is 3. The number of fused-ring (bicyclic) bond motifs is 21. The van der Waals surface area contributed by atoms with Crippen LogP contribution in [0.15, 0.2) is 121 Å². The van der Waals surface area contributed by atoms with E-state index in [1.807, 2.05) is 97.1 Å². The zero-order valence-corrected chi connectivity index (χ0v) is 26.5. The van der Waals surface area contributed by atoms with Crippen LogP contribution < -0.4 is 5.32 Å². The van der Waals surface area contributed by atoms with E-state index in [2.05, 4.69) is 15.3 Å². The molecular weight excluding hydrogens is 639 g/mol. The Morgan fingerprint density at radius 3 is 0.863 bits per heavy atom. The molecule has 0 spiro atoms. The average Bonchev–Trinajstić information content (AvgIpc) is 3.96. The van der Waals surface area contributed by atoms with Gasteiger partial charge in [-0.2, -0.15) is 0 Å². The molecule has 3 aromatic heterocycles. The van der Waals surface area contributed by atoms with Gasteiger partial charge in [-0.05, 0) is 12.1 Å². The van der Waals surface area contributed by atoms with Gasteiger partial charge in [0.1, 0.15) is 22.6 Å². The molecule has 8 aromatic rings. The van der Waals surface area contributed by atoms with Crippen molar-refractivity contribution in [1.29, 1.82) is 0 Å². The number of carbonyl (C=O) groups is 2. The summed E-state index contributed by atoms with van der Waals surface area (Å²) in [4.78, 5) is 58.7. The van der Waals surface area contributed by atoms with Gasteiger partial charge in [0.15, 0.2) is 23.3 Å². The number of nitrogens with one attached hydrogen (secondary N) is 3. The number of carbonyl (C=O) groups excluding carboxylic acids is 2. The summed E-state index contributed by atoms with van der Waals surface area (Å²) in [7, 11) is 0. The number of benzene rings is 5. The molecule has 11 heteroatoms. The number of aromatic amines is 2. The Kier molecular flexibility index (Phi) is 6.21. The van der Waals surface area contributed by atoms with Gasteiger partial charge in [0, 0.05) is 43.8 Å². The van der Waals surface area contributed by atoms with Crippen molar-refractivity contribution in [3.63, 3.8) is 0 Å². The minimum Gasteiger partial charge on any atom is -0.324 e. The van der Waals surface area contributed by atoms with Gasteiger partial charge in [-0.25, -0.2) is 29.9 Å². The Labute approximate surface area is 288 Å². The SMILES string of the molecule is O=C1NC(=O)c2ccccc21.c1ccc2c(c1)-c1nc-2nc2[nH]c(nc3nc(nc4[nH]c(n1)c1ccccc41)-c1ccccc1-3)c1ccccc21. The van der Waals surface area contributed by atoms with Gasteiger partial charge in [0.2, 0.25) is 0 Å². The van der Waals surface area contributed by atoms with E-state index in [0.717, 1.165) is 43.8 Å². The lowest BCUT2D eigenvalue weighted by molar-refractivity contribution is 0.0879. The molecular formula is C40H23N9O2. The molecule has 0 saturated heterocycles. The highest BCUT2D eigenvalue weighted by molar-refractivity contribution is 6.21. The summed E-state index contributed by atoms with van der Waals surface area (Å²) >= 11 is 0. The van der Waals surface area contributed by atoms with Crippen molar-refractivity contribution in [3.05, 3.63) is 132 Å². The summed E-state index contributed by atoms with van der Waals surface area (Å²) in [5.74, 6) is 1.79. The van der Waals surface area contributed by atoms with Crippen LogP contribution in [0.3, 0.4) is 0 Å². The van der Waals surface area contributed by atoms with Crippen LogP contribution in [0.4, 0.5) is 0 Å². The van der Waals surface area contributed by atoms with Crippen LogP contribution in [0.5, 0.6) is 0 Å². The monoisotopic (exact) mass is 661 g/mol. The average molecular weight is 662 g/mol. The first-order chi connectivity index (χ1) is 25.1. The minimum atomic E-state index is -0.300. The van der Waals surface area contributed by atoms with Gasteiger partial charge in [-0.1, -0.05) is 109 Å². The smallest absolute Gasteiger partial charge is 0.258 e. The summed E-state index contributed by atoms with van der Waals surface area (Å²) in [5, 5.41) is 6.02. The predicted molar refractivity (Wildman–Crippen MR) is 194 cm³/mol. The zero-order valence-electron chi connectivity index (χ0n) is 26.5. The maximum Gasteiger partial charge on any atom is 0.258 e. The Morgan fingerprint density at radius 2 is 0.569 bits per heavy atom. The highest BCUT2D eigenvalue weighted by Crippen LogP contribution is 2.36. The number of amides is 2. The number of H-pyrrole nitrogens is 2. The molecule has 0 radical (unpaired) electrons. The number of hydrogen-bond acceptors (Lipinski definition) is 8. The van der Waals surface area contributed by atoms with Crippen molar-refractivity contribution in [2.75, 3.05) is 0 Å². The Bertz CT molecular complexity index is 2610. The van der Waals surface area contributed by atoms with Crippen molar-refractivity contribution >= 4 is 55.9 Å². The van der Waals surface area contributed by atoms with Crippen LogP contribution in [-0.4, -0.2) is 51.7 Å². The van der Waals surface area contributed by atoms with Crippen molar-refractivity contribution in [2.24, 2.45) is 0 Å². The topological polar surface area (TPSA) is 155 Å². The molecule has 2 amide bonds. The summed E-state index contributed by atoms with van der Waals surface area (Å²) in [6.45, 7) is 0. The van der Waals surface area contributed by atoms with Crippen LogP contribution in [0, 0.1) is 0 Å². The van der Waals surface area contributed by atoms with Gasteiger partial charge in [0.25, 0.3) is 11.8 Å². The molecule has 0 fully saturated rings. The molecule has 0 unspecified atom stereocenters. The quantitative estimate of drug-likeness (QED) is 0.142. The fourth-order valence-corrected chi connectivity index (χ4v) is 6.71. The van der Waals surface area contributed by atoms with E-state index < -0.39 is 0 Å². The van der Waals surface area contributed by atoms with Crippen LogP contribution in [0.25, 0.3) is 89.7 Å². The number of rotatable bonds is 0. The molecule has 11 nitrogen and oxygen atoms in total. The van der Waals surface area contributed by atoms with Crippen LogP contribution >= 0.6 is 0 Å². The predicted octanol–water partition coefficient (Wildman–Crippen LogP) is 7.44. The summed E-state index contributed by atoms with van der Waals surface area (Å²) in [6.07, 6.45) is 0. The van der Waals surface area contributed by atoms with Crippen molar-refractivity contribution in [1.82, 2.24) is 45.2 Å². The maximum atomic E-state index is 10.9. The van der Waals surface area contributed by atoms with E-state index in [1.165, 1.54) is 0 Å². The highest BCUT2D eigenvalue weighted by Gasteiger charge is 2.25. The first-order valence-electron chi connectivity index (χ1n) is 16.2. The fraction of sp³-hybridized carbons (Fsp3) is 0. The molecule has 5 aromatic carbocycles. The Morgan fingerprint density at radius 1 is 0.314 bits per heavy atom. The number of imide groups is 1. The second-order valence-electron chi connectivity index (χ2n) is 12.1. The van der Waals surface area contributed by atoms with E-state index in [4.69, 9.17) is 29.9 Å². The van der Waals surface area contributed by atoms with Gasteiger partial charge in [-0.15, -0.1) is 0 Å². The third-order valence-electron chi connectivity index (χ3n) is 9.10. The molecule has 8 bridgehead atoms. The van der Waals surface area contributed by atoms with Crippen molar-refractivity contribution in [2.45, 2.75) is 0 Å². The highest BCUT2D eigenvalue weighted by atomic mass is 16.2. The minimum absolute atomic E-state index is 0.300. The third kappa shape index (κ3) is 4.60. The first kappa shape index (κ1) is 28.6. The number of aromatic nitrogens is 8. The molecule has 3 aliphatic heterocycles. The van der Waals surface area contributed by atoms with E-state index in [0.29, 0.717) is 57.0 Å². The number of nitrogens with zero attached hydrogens (tertiary/aromatic N) is 6. The van der Waals surface area contributed by atoms with Gasteiger partial charge >= 0.3 is 0 Å². The standard InChI is InChI=1S/C32H18N8.C8H5NO2/c1-2-10-18-17(9-1)25-33-26(18)38-28-21-13-5-6-14-22(21)30(35-28)40-32-24-16-8-7-15-23(24)31(36-32)39-29-20-12-4-3-11-19(20)27(34-29)37-25;10-7-5-3-1-2-4-6(5)8(11)9-7/h1-16H,(H2,33,34,35,36,37,38,39,40);1-4H,(H,9,10,11). The normalized spacial score (nSPS) is 12.5. The first-order valence-corrected chi connectivity index (χ1v) is 16.2. The molecule has 3 aliphatic rings. The molecule has 0 aliphatic carbocycles. The van der Waals surface area contributed by atoms with E-state index in [1.54, 1.807) is 24.3 Å². The molecule has 11 rings (SSSR count). The fourth-order valence-electron chi connectivity index (χ4n) is 6.71. The summed E-state index contributed by atoms with van der Waals surface area (Å²) in [6, 6.07) is 39.0. The van der Waals surface area contributed by atoms with Crippen LogP contribution in [-0.2, 0) is 0 Å². The zero-order chi connectivity index (χ0) is 34.1. The molecule has 51 heavy (non-hydrogen) atoms. The molecule has 3 N–H and O–H groups in total. The lowest BCUT2D eigenvalue weighted by Gasteiger charge is -1.96. The second-order valence-corrected chi connectivity index (χ2v) is 12.1. The van der Waals surface area contributed by atoms with Gasteiger partial charge in [-0.3, -0.25) is 14.9 Å². The van der Waals surface area contributed by atoms with E-state index in [-0.39, 0.29) is 11.8 Å². The lowest BCUT2D eigenvalue weighted by atomic mass is 10.1. The molecule has 0 saturated carbocycles. The van der Waals surface area contributed by atoms with Crippen molar-refractivity contribution in [3.8, 4) is 45.6 Å². The Balaban J connectivity index is 0.000000254. The van der Waals surface area contributed by atoms with Crippen molar-refractivity contribution < 1.29 is 9.59 Å². The third-order valence-corrected chi connectivity index (χ3v) is 9.10. The molecule has 240 valence electrons. The van der Waals surface area contributed by atoms with Crippen LogP contribution in [0.1, 0.15) is 20.7 Å². The molecule has 6 heterocycles. The van der Waals surface area contributed by atoms with Gasteiger partial charge in [0.05, 0.1) is 11.1 Å². The molecule has 0 atom stereocenters. The maximum absolute atomic E-state index is 10.9. The summed E-state index contributed by atoms with van der Waals surface area (Å²) < 4.78 is 0. The van der Waals surface area contributed by atoms with E-state index >= 15 is 0 Å². The Hall–Kier alpha value is -7.40. The van der Waals surface area contributed by atoms with E-state index in [9.17, 15) is 9.59 Å². The van der Waals surface area contributed by atoms with Crippen LogP contribution in [0.2, 0.25) is 0 Å². The largest absolute Gasteiger partial charge is 0.324 e. The summed E-state index contributed by atoms with van der Waals surface area (Å²) in [5.41, 5.74) is 7.39. The second kappa shape index (κ2) is 11.1. The van der Waals surface area contributed by atoms with Gasteiger partial charge < -0.3 is 9.97 Å². The lowest BCUT2D eigenvalue weighted by Crippen LogP contribution is -2.19.